The first-order valence-corrected chi connectivity index (χ1v) is 10.0. The fraction of sp³-hybridized carbons (Fsp3) is 0.357. The van der Waals surface area contributed by atoms with Gasteiger partial charge >= 0.3 is 0 Å². The van der Waals surface area contributed by atoms with Crippen LogP contribution in [0.25, 0.3) is 0 Å². The Bertz CT molecular complexity index is 818. The number of rotatable bonds is 6. The Morgan fingerprint density at radius 3 is 2.74 bits per heavy atom. The lowest BCUT2D eigenvalue weighted by Crippen LogP contribution is -2.12. The Kier molecular flexibility index (Phi) is 5.72. The molecule has 0 spiro atoms. The summed E-state index contributed by atoms with van der Waals surface area (Å²) in [5, 5.41) is 11.9. The standard InChI is InChI=1S/C14H16ClN3O3S2/c1-3-4-5-12-17-18-14(22-12)16-13(19)9-6-7-10(15)11(8-9)23(2,20)21/h6-8H,3-5H2,1-2H3,(H,16,18,19). The van der Waals surface area contributed by atoms with Crippen molar-refractivity contribution >= 4 is 43.8 Å². The average molecular weight is 374 g/mol. The fourth-order valence-electron chi connectivity index (χ4n) is 1.83. The molecule has 0 saturated carbocycles. The van der Waals surface area contributed by atoms with Crippen LogP contribution in [0.5, 0.6) is 0 Å². The van der Waals surface area contributed by atoms with Crippen molar-refractivity contribution < 1.29 is 13.2 Å². The van der Waals surface area contributed by atoms with Gasteiger partial charge in [0.1, 0.15) is 5.01 Å². The third kappa shape index (κ3) is 4.73. The molecule has 6 nitrogen and oxygen atoms in total. The van der Waals surface area contributed by atoms with Crippen molar-refractivity contribution in [2.24, 2.45) is 0 Å². The number of unbranched alkanes of at least 4 members (excludes halogenated alkanes) is 1. The highest BCUT2D eigenvalue weighted by molar-refractivity contribution is 7.90. The summed E-state index contributed by atoms with van der Waals surface area (Å²) in [5.41, 5.74) is 0.195. The van der Waals surface area contributed by atoms with Gasteiger partial charge in [-0.25, -0.2) is 8.42 Å². The van der Waals surface area contributed by atoms with Crippen molar-refractivity contribution in [2.45, 2.75) is 31.1 Å². The lowest BCUT2D eigenvalue weighted by atomic mass is 10.2. The second kappa shape index (κ2) is 7.37. The monoisotopic (exact) mass is 373 g/mol. The van der Waals surface area contributed by atoms with Gasteiger partial charge in [0.05, 0.1) is 9.92 Å². The number of hydrogen-bond acceptors (Lipinski definition) is 6. The summed E-state index contributed by atoms with van der Waals surface area (Å²) in [6.45, 7) is 2.09. The van der Waals surface area contributed by atoms with E-state index in [-0.39, 0.29) is 15.5 Å². The van der Waals surface area contributed by atoms with Crippen LogP contribution in [0.3, 0.4) is 0 Å². The van der Waals surface area contributed by atoms with Gasteiger partial charge in [-0.1, -0.05) is 36.3 Å². The number of carbonyl (C=O) groups is 1. The van der Waals surface area contributed by atoms with Gasteiger partial charge in [-0.3, -0.25) is 10.1 Å². The number of nitrogens with zero attached hydrogens (tertiary/aromatic N) is 2. The molecule has 0 bridgehead atoms. The maximum Gasteiger partial charge on any atom is 0.257 e. The van der Waals surface area contributed by atoms with Crippen molar-refractivity contribution in [1.82, 2.24) is 10.2 Å². The van der Waals surface area contributed by atoms with Crippen LogP contribution in [0.1, 0.15) is 35.1 Å². The largest absolute Gasteiger partial charge is 0.296 e. The van der Waals surface area contributed by atoms with Crippen molar-refractivity contribution in [3.8, 4) is 0 Å². The molecule has 1 amide bonds. The molecule has 2 rings (SSSR count). The van der Waals surface area contributed by atoms with Crippen molar-refractivity contribution in [3.63, 3.8) is 0 Å². The Morgan fingerprint density at radius 2 is 2.09 bits per heavy atom. The smallest absolute Gasteiger partial charge is 0.257 e. The molecule has 0 aliphatic carbocycles. The van der Waals surface area contributed by atoms with E-state index in [2.05, 4.69) is 22.4 Å². The van der Waals surface area contributed by atoms with Gasteiger partial charge in [0.2, 0.25) is 5.13 Å². The number of anilines is 1. The van der Waals surface area contributed by atoms with Crippen molar-refractivity contribution in [1.29, 1.82) is 0 Å². The highest BCUT2D eigenvalue weighted by Gasteiger charge is 2.17. The summed E-state index contributed by atoms with van der Waals surface area (Å²) in [6.07, 6.45) is 3.93. The summed E-state index contributed by atoms with van der Waals surface area (Å²) in [4.78, 5) is 12.1. The van der Waals surface area contributed by atoms with E-state index in [1.807, 2.05) is 0 Å². The van der Waals surface area contributed by atoms with Crippen LogP contribution in [0, 0.1) is 0 Å². The molecular weight excluding hydrogens is 358 g/mol. The molecule has 2 aromatic rings. The van der Waals surface area contributed by atoms with Gasteiger partial charge in [-0.15, -0.1) is 10.2 Å². The summed E-state index contributed by atoms with van der Waals surface area (Å²) in [7, 11) is -3.51. The first-order chi connectivity index (χ1) is 10.8. The zero-order valence-electron chi connectivity index (χ0n) is 12.7. The molecule has 1 aromatic carbocycles. The van der Waals surface area contributed by atoms with E-state index in [4.69, 9.17) is 11.6 Å². The molecule has 0 aliphatic rings. The SMILES string of the molecule is CCCCc1nnc(NC(=O)c2ccc(Cl)c(S(C)(=O)=O)c2)s1. The quantitative estimate of drug-likeness (QED) is 0.839. The van der Waals surface area contributed by atoms with Crippen LogP contribution >= 0.6 is 22.9 Å². The van der Waals surface area contributed by atoms with E-state index < -0.39 is 15.7 Å². The normalized spacial score (nSPS) is 11.4. The fourth-order valence-corrected chi connectivity index (χ4v) is 3.91. The van der Waals surface area contributed by atoms with E-state index >= 15 is 0 Å². The minimum atomic E-state index is -3.51. The first kappa shape index (κ1) is 17.8. The molecule has 0 unspecified atom stereocenters. The minimum absolute atomic E-state index is 0.0762. The summed E-state index contributed by atoms with van der Waals surface area (Å²) < 4.78 is 23.3. The molecule has 0 aliphatic heterocycles. The Labute approximate surface area is 143 Å². The Balaban J connectivity index is 2.16. The Hall–Kier alpha value is -1.51. The number of aromatic nitrogens is 2. The minimum Gasteiger partial charge on any atom is -0.296 e. The number of hydrogen-bond donors (Lipinski definition) is 1. The predicted molar refractivity (Wildman–Crippen MR) is 91.0 cm³/mol. The van der Waals surface area contributed by atoms with E-state index in [0.29, 0.717) is 5.13 Å². The highest BCUT2D eigenvalue weighted by Crippen LogP contribution is 2.24. The van der Waals surface area contributed by atoms with Crippen molar-refractivity contribution in [2.75, 3.05) is 11.6 Å². The molecule has 0 fully saturated rings. The molecule has 1 aromatic heterocycles. The van der Waals surface area contributed by atoms with E-state index in [0.717, 1.165) is 30.5 Å². The molecule has 0 radical (unpaired) electrons. The molecule has 124 valence electrons. The predicted octanol–water partition coefficient (Wildman–Crippen LogP) is 3.19. The third-order valence-corrected chi connectivity index (χ3v) is 5.50. The number of amides is 1. The average Bonchev–Trinajstić information content (AvgIpc) is 2.91. The van der Waals surface area contributed by atoms with Gasteiger partial charge in [0.25, 0.3) is 5.91 Å². The molecular formula is C14H16ClN3O3S2. The molecule has 1 N–H and O–H groups in total. The van der Waals surface area contributed by atoms with Gasteiger partial charge in [0.15, 0.2) is 9.84 Å². The van der Waals surface area contributed by atoms with Crippen LogP contribution in [-0.2, 0) is 16.3 Å². The number of nitrogens with one attached hydrogen (secondary N) is 1. The van der Waals surface area contributed by atoms with E-state index in [1.165, 1.54) is 29.5 Å². The van der Waals surface area contributed by atoms with Crippen LogP contribution < -0.4 is 5.32 Å². The van der Waals surface area contributed by atoms with Crippen LogP contribution in [0.4, 0.5) is 5.13 Å². The molecule has 23 heavy (non-hydrogen) atoms. The number of aryl methyl sites for hydroxylation is 1. The number of halogens is 1. The van der Waals surface area contributed by atoms with Crippen LogP contribution in [0.15, 0.2) is 23.1 Å². The van der Waals surface area contributed by atoms with E-state index in [9.17, 15) is 13.2 Å². The molecule has 9 heteroatoms. The zero-order valence-corrected chi connectivity index (χ0v) is 15.1. The maximum atomic E-state index is 12.2. The van der Waals surface area contributed by atoms with Gasteiger partial charge in [-0.2, -0.15) is 0 Å². The maximum absolute atomic E-state index is 12.2. The number of carbonyl (C=O) groups excluding carboxylic acids is 1. The van der Waals surface area contributed by atoms with Gasteiger partial charge < -0.3 is 0 Å². The lowest BCUT2D eigenvalue weighted by Gasteiger charge is -2.05. The number of benzene rings is 1. The second-order valence-electron chi connectivity index (χ2n) is 4.98. The van der Waals surface area contributed by atoms with Crippen LogP contribution in [-0.4, -0.2) is 30.8 Å². The van der Waals surface area contributed by atoms with Gasteiger partial charge in [-0.05, 0) is 24.6 Å². The third-order valence-electron chi connectivity index (χ3n) is 3.02. The molecule has 0 saturated heterocycles. The summed E-state index contributed by atoms with van der Waals surface area (Å²) in [5.74, 6) is -0.454. The lowest BCUT2D eigenvalue weighted by molar-refractivity contribution is 0.102. The molecule has 0 atom stereocenters. The zero-order chi connectivity index (χ0) is 17.0. The highest BCUT2D eigenvalue weighted by atomic mass is 35.5. The van der Waals surface area contributed by atoms with E-state index in [1.54, 1.807) is 0 Å². The van der Waals surface area contributed by atoms with Crippen molar-refractivity contribution in [3.05, 3.63) is 33.8 Å². The summed E-state index contributed by atoms with van der Waals surface area (Å²) >= 11 is 7.18. The van der Waals surface area contributed by atoms with Gasteiger partial charge in [0, 0.05) is 18.2 Å². The molecule has 1 heterocycles. The topological polar surface area (TPSA) is 89.0 Å². The second-order valence-corrected chi connectivity index (χ2v) is 8.43. The van der Waals surface area contributed by atoms with Crippen LogP contribution in [0.2, 0.25) is 5.02 Å². The number of sulfone groups is 1. The Morgan fingerprint density at radius 1 is 1.35 bits per heavy atom. The summed E-state index contributed by atoms with van der Waals surface area (Å²) in [6, 6.07) is 4.11. The first-order valence-electron chi connectivity index (χ1n) is 6.94.